The Morgan fingerprint density at radius 2 is 2.33 bits per heavy atom. The van der Waals surface area contributed by atoms with Gasteiger partial charge in [0.1, 0.15) is 11.9 Å². The Bertz CT molecular complexity index is 394. The minimum Gasteiger partial charge on any atom is -0.488 e. The molecule has 0 spiro atoms. The Balaban J connectivity index is 1.77. The second-order valence-corrected chi connectivity index (χ2v) is 6.13. The molecule has 2 nitrogen and oxygen atoms in total. The lowest BCUT2D eigenvalue weighted by atomic mass is 10.1. The molecule has 100 valence electrons. The third-order valence-corrected chi connectivity index (χ3v) is 4.05. The molecule has 2 rings (SSSR count). The van der Waals surface area contributed by atoms with Gasteiger partial charge in [-0.1, -0.05) is 17.7 Å². The van der Waals surface area contributed by atoms with Crippen LogP contribution in [0.15, 0.2) is 18.2 Å². The number of nitrogens with one attached hydrogen (secondary N) is 1. The molecule has 1 heterocycles. The Morgan fingerprint density at radius 1 is 1.50 bits per heavy atom. The normalized spacial score (nSPS) is 19.4. The van der Waals surface area contributed by atoms with Gasteiger partial charge in [0.25, 0.3) is 0 Å². The van der Waals surface area contributed by atoms with Crippen LogP contribution in [0.5, 0.6) is 5.75 Å². The molecule has 0 aromatic heterocycles. The maximum Gasteiger partial charge on any atom is 0.123 e. The lowest BCUT2D eigenvalue weighted by Crippen LogP contribution is -2.36. The van der Waals surface area contributed by atoms with Crippen molar-refractivity contribution < 1.29 is 4.74 Å². The zero-order chi connectivity index (χ0) is 13.0. The summed E-state index contributed by atoms with van der Waals surface area (Å²) in [5, 5.41) is 3.57. The first-order chi connectivity index (χ1) is 8.69. The summed E-state index contributed by atoms with van der Waals surface area (Å²) >= 11 is 1.91. The van der Waals surface area contributed by atoms with Gasteiger partial charge in [-0.05, 0) is 43.9 Å². The number of rotatable bonds is 6. The van der Waals surface area contributed by atoms with Crippen molar-refractivity contribution in [3.63, 3.8) is 0 Å². The molecule has 3 heteroatoms. The van der Waals surface area contributed by atoms with Gasteiger partial charge in [-0.3, -0.25) is 0 Å². The van der Waals surface area contributed by atoms with E-state index in [1.165, 1.54) is 23.3 Å². The fourth-order valence-electron chi connectivity index (χ4n) is 2.29. The SMILES string of the molecule is CSCCC(C)NCC1Cc2cc(C)ccc2O1. The summed E-state index contributed by atoms with van der Waals surface area (Å²) in [6.07, 6.45) is 4.73. The standard InChI is InChI=1S/C15H23NOS/c1-11-4-5-15-13(8-11)9-14(17-15)10-16-12(2)6-7-18-3/h4-5,8,12,14,16H,6-7,9-10H2,1-3H3. The van der Waals surface area contributed by atoms with Gasteiger partial charge in [0, 0.05) is 19.0 Å². The van der Waals surface area contributed by atoms with Gasteiger partial charge in [-0.15, -0.1) is 0 Å². The fourth-order valence-corrected chi connectivity index (χ4v) is 2.88. The summed E-state index contributed by atoms with van der Waals surface area (Å²) in [6, 6.07) is 7.04. The van der Waals surface area contributed by atoms with Crippen LogP contribution >= 0.6 is 11.8 Å². The van der Waals surface area contributed by atoms with E-state index in [2.05, 4.69) is 43.6 Å². The van der Waals surface area contributed by atoms with Gasteiger partial charge in [-0.25, -0.2) is 0 Å². The molecule has 0 saturated carbocycles. The summed E-state index contributed by atoms with van der Waals surface area (Å²) in [5.41, 5.74) is 2.68. The lowest BCUT2D eigenvalue weighted by Gasteiger charge is -2.16. The number of thioether (sulfide) groups is 1. The van der Waals surface area contributed by atoms with Crippen LogP contribution in [-0.2, 0) is 6.42 Å². The molecule has 2 unspecified atom stereocenters. The Kier molecular flexibility index (Phi) is 4.95. The third kappa shape index (κ3) is 3.66. The minimum absolute atomic E-state index is 0.304. The van der Waals surface area contributed by atoms with Crippen molar-refractivity contribution in [3.8, 4) is 5.75 Å². The highest BCUT2D eigenvalue weighted by Crippen LogP contribution is 2.29. The molecule has 1 aliphatic heterocycles. The summed E-state index contributed by atoms with van der Waals surface area (Å²) in [4.78, 5) is 0. The molecular weight excluding hydrogens is 242 g/mol. The zero-order valence-corrected chi connectivity index (χ0v) is 12.3. The van der Waals surface area contributed by atoms with E-state index in [1.54, 1.807) is 0 Å². The molecule has 1 aliphatic rings. The molecule has 0 bridgehead atoms. The van der Waals surface area contributed by atoms with Crippen molar-refractivity contribution in [3.05, 3.63) is 29.3 Å². The van der Waals surface area contributed by atoms with Crippen molar-refractivity contribution in [2.24, 2.45) is 0 Å². The highest BCUT2D eigenvalue weighted by molar-refractivity contribution is 7.98. The minimum atomic E-state index is 0.304. The first-order valence-corrected chi connectivity index (χ1v) is 8.07. The number of benzene rings is 1. The largest absolute Gasteiger partial charge is 0.488 e. The first-order valence-electron chi connectivity index (χ1n) is 6.67. The Morgan fingerprint density at radius 3 is 3.11 bits per heavy atom. The number of fused-ring (bicyclic) bond motifs is 1. The van der Waals surface area contributed by atoms with Crippen LogP contribution in [0.3, 0.4) is 0 Å². The van der Waals surface area contributed by atoms with Crippen molar-refractivity contribution in [1.82, 2.24) is 5.32 Å². The van der Waals surface area contributed by atoms with E-state index in [-0.39, 0.29) is 0 Å². The van der Waals surface area contributed by atoms with E-state index < -0.39 is 0 Å². The lowest BCUT2D eigenvalue weighted by molar-refractivity contribution is 0.222. The first kappa shape index (κ1) is 13.8. The van der Waals surface area contributed by atoms with E-state index in [0.717, 1.165) is 18.7 Å². The quantitative estimate of drug-likeness (QED) is 0.854. The summed E-state index contributed by atoms with van der Waals surface area (Å²) in [7, 11) is 0. The maximum absolute atomic E-state index is 5.95. The van der Waals surface area contributed by atoms with Crippen LogP contribution in [0.4, 0.5) is 0 Å². The molecule has 1 N–H and O–H groups in total. The second kappa shape index (κ2) is 6.48. The van der Waals surface area contributed by atoms with Crippen molar-refractivity contribution in [2.75, 3.05) is 18.6 Å². The predicted molar refractivity (Wildman–Crippen MR) is 79.8 cm³/mol. The maximum atomic E-state index is 5.95. The smallest absolute Gasteiger partial charge is 0.123 e. The van der Waals surface area contributed by atoms with Gasteiger partial charge < -0.3 is 10.1 Å². The van der Waals surface area contributed by atoms with Gasteiger partial charge in [0.05, 0.1) is 0 Å². The van der Waals surface area contributed by atoms with Gasteiger partial charge in [0.15, 0.2) is 0 Å². The van der Waals surface area contributed by atoms with Gasteiger partial charge in [-0.2, -0.15) is 11.8 Å². The monoisotopic (exact) mass is 265 g/mol. The van der Waals surface area contributed by atoms with Crippen LogP contribution in [0, 0.1) is 6.92 Å². The van der Waals surface area contributed by atoms with E-state index in [0.29, 0.717) is 12.1 Å². The zero-order valence-electron chi connectivity index (χ0n) is 11.5. The van der Waals surface area contributed by atoms with Crippen molar-refractivity contribution in [2.45, 2.75) is 38.8 Å². The highest BCUT2D eigenvalue weighted by Gasteiger charge is 2.22. The van der Waals surface area contributed by atoms with E-state index in [9.17, 15) is 0 Å². The van der Waals surface area contributed by atoms with Crippen LogP contribution in [-0.4, -0.2) is 30.7 Å². The second-order valence-electron chi connectivity index (χ2n) is 5.15. The Hall–Kier alpha value is -0.670. The molecule has 2 atom stereocenters. The molecule has 0 radical (unpaired) electrons. The van der Waals surface area contributed by atoms with Crippen LogP contribution in [0.1, 0.15) is 24.5 Å². The van der Waals surface area contributed by atoms with E-state index >= 15 is 0 Å². The Labute approximate surface area is 114 Å². The third-order valence-electron chi connectivity index (χ3n) is 3.41. The molecule has 0 saturated heterocycles. The van der Waals surface area contributed by atoms with Gasteiger partial charge >= 0.3 is 0 Å². The molecule has 1 aromatic rings. The number of aryl methyl sites for hydroxylation is 1. The summed E-state index contributed by atoms with van der Waals surface area (Å²) in [6.45, 7) is 5.34. The summed E-state index contributed by atoms with van der Waals surface area (Å²) in [5.74, 6) is 2.29. The number of ether oxygens (including phenoxy) is 1. The molecule has 0 fully saturated rings. The van der Waals surface area contributed by atoms with Crippen LogP contribution < -0.4 is 10.1 Å². The summed E-state index contributed by atoms with van der Waals surface area (Å²) < 4.78 is 5.95. The van der Waals surface area contributed by atoms with Crippen LogP contribution in [0.2, 0.25) is 0 Å². The number of hydrogen-bond donors (Lipinski definition) is 1. The van der Waals surface area contributed by atoms with Crippen molar-refractivity contribution >= 4 is 11.8 Å². The fraction of sp³-hybridized carbons (Fsp3) is 0.600. The molecule has 0 amide bonds. The average Bonchev–Trinajstić information content (AvgIpc) is 2.75. The number of hydrogen-bond acceptors (Lipinski definition) is 3. The van der Waals surface area contributed by atoms with Gasteiger partial charge in [0.2, 0.25) is 0 Å². The van der Waals surface area contributed by atoms with E-state index in [4.69, 9.17) is 4.74 Å². The van der Waals surface area contributed by atoms with Crippen molar-refractivity contribution in [1.29, 1.82) is 0 Å². The molecule has 1 aromatic carbocycles. The molecular formula is C15H23NOS. The molecule has 0 aliphatic carbocycles. The highest BCUT2D eigenvalue weighted by atomic mass is 32.2. The topological polar surface area (TPSA) is 21.3 Å². The van der Waals surface area contributed by atoms with E-state index in [1.807, 2.05) is 11.8 Å². The predicted octanol–water partition coefficient (Wildman–Crippen LogP) is 3.03. The van der Waals surface area contributed by atoms with Crippen LogP contribution in [0.25, 0.3) is 0 Å². The molecule has 18 heavy (non-hydrogen) atoms. The average molecular weight is 265 g/mol.